The van der Waals surface area contributed by atoms with Gasteiger partial charge in [-0.05, 0) is 32.4 Å². The van der Waals surface area contributed by atoms with E-state index in [1.165, 1.54) is 4.90 Å². The number of carboxylic acid groups (broad SMARTS) is 1. The highest BCUT2D eigenvalue weighted by atomic mass is 16.4. The van der Waals surface area contributed by atoms with E-state index in [2.05, 4.69) is 0 Å². The normalized spacial score (nSPS) is 13.7. The van der Waals surface area contributed by atoms with Gasteiger partial charge in [0.05, 0.1) is 5.54 Å². The number of hydrogen-bond donors (Lipinski definition) is 2. The van der Waals surface area contributed by atoms with Gasteiger partial charge in [-0.3, -0.25) is 14.5 Å². The zero-order valence-corrected chi connectivity index (χ0v) is 11.5. The fourth-order valence-corrected chi connectivity index (χ4v) is 1.60. The third kappa shape index (κ3) is 3.79. The van der Waals surface area contributed by atoms with Crippen LogP contribution in [0.15, 0.2) is 24.3 Å². The van der Waals surface area contributed by atoms with E-state index in [-0.39, 0.29) is 5.91 Å². The maximum Gasteiger partial charge on any atom is 0.323 e. The molecule has 0 radical (unpaired) electrons. The van der Waals surface area contributed by atoms with E-state index in [1.807, 2.05) is 19.1 Å². The average molecular weight is 264 g/mol. The number of rotatable bonds is 5. The Hall–Kier alpha value is -1.88. The standard InChI is InChI=1S/C14H20N2O3/c1-4-14(3,15)13(19)16(9-12(17)18)11-7-5-10(2)6-8-11/h5-8H,4,9,15H2,1-3H3,(H,17,18). The van der Waals surface area contributed by atoms with E-state index >= 15 is 0 Å². The highest BCUT2D eigenvalue weighted by Gasteiger charge is 2.32. The second-order valence-corrected chi connectivity index (χ2v) is 4.89. The minimum atomic E-state index is -1.07. The lowest BCUT2D eigenvalue weighted by molar-refractivity contribution is -0.137. The first kappa shape index (κ1) is 15.2. The van der Waals surface area contributed by atoms with Crippen molar-refractivity contribution in [3.8, 4) is 0 Å². The molecular weight excluding hydrogens is 244 g/mol. The number of hydrogen-bond acceptors (Lipinski definition) is 3. The van der Waals surface area contributed by atoms with Crippen molar-refractivity contribution < 1.29 is 14.7 Å². The van der Waals surface area contributed by atoms with E-state index in [9.17, 15) is 9.59 Å². The molecule has 0 aliphatic heterocycles. The summed E-state index contributed by atoms with van der Waals surface area (Å²) in [6.07, 6.45) is 0.438. The molecule has 1 unspecified atom stereocenters. The molecule has 0 heterocycles. The maximum absolute atomic E-state index is 12.4. The molecule has 104 valence electrons. The second-order valence-electron chi connectivity index (χ2n) is 4.89. The molecule has 0 aromatic heterocycles. The van der Waals surface area contributed by atoms with Gasteiger partial charge in [-0.1, -0.05) is 24.6 Å². The van der Waals surface area contributed by atoms with Crippen molar-refractivity contribution in [3.63, 3.8) is 0 Å². The summed E-state index contributed by atoms with van der Waals surface area (Å²) in [7, 11) is 0. The van der Waals surface area contributed by atoms with E-state index in [1.54, 1.807) is 26.0 Å². The van der Waals surface area contributed by atoms with Gasteiger partial charge >= 0.3 is 5.97 Å². The maximum atomic E-state index is 12.4. The van der Waals surface area contributed by atoms with Gasteiger partial charge in [0, 0.05) is 5.69 Å². The van der Waals surface area contributed by atoms with E-state index in [4.69, 9.17) is 10.8 Å². The Kier molecular flexibility index (Phi) is 4.67. The minimum Gasteiger partial charge on any atom is -0.480 e. The van der Waals surface area contributed by atoms with Crippen molar-refractivity contribution in [2.75, 3.05) is 11.4 Å². The molecule has 0 saturated carbocycles. The fourth-order valence-electron chi connectivity index (χ4n) is 1.60. The summed E-state index contributed by atoms with van der Waals surface area (Å²) in [5.41, 5.74) is 6.43. The highest BCUT2D eigenvalue weighted by Crippen LogP contribution is 2.19. The van der Waals surface area contributed by atoms with Crippen LogP contribution < -0.4 is 10.6 Å². The molecule has 0 aliphatic carbocycles. The first-order chi connectivity index (χ1) is 8.77. The molecule has 0 spiro atoms. The van der Waals surface area contributed by atoms with Crippen LogP contribution in [-0.4, -0.2) is 29.1 Å². The van der Waals surface area contributed by atoms with Crippen molar-refractivity contribution in [2.45, 2.75) is 32.7 Å². The molecule has 0 fully saturated rings. The van der Waals surface area contributed by atoms with Gasteiger partial charge in [0.2, 0.25) is 5.91 Å². The quantitative estimate of drug-likeness (QED) is 0.845. The van der Waals surface area contributed by atoms with Gasteiger partial charge in [0.1, 0.15) is 6.54 Å². The van der Waals surface area contributed by atoms with E-state index in [0.717, 1.165) is 5.56 Å². The van der Waals surface area contributed by atoms with Gasteiger partial charge in [0.15, 0.2) is 0 Å². The minimum absolute atomic E-state index is 0.388. The first-order valence-corrected chi connectivity index (χ1v) is 6.17. The van der Waals surface area contributed by atoms with Gasteiger partial charge < -0.3 is 10.8 Å². The molecule has 5 heteroatoms. The lowest BCUT2D eigenvalue weighted by Crippen LogP contribution is -2.54. The Bertz CT molecular complexity index is 466. The molecule has 0 bridgehead atoms. The lowest BCUT2D eigenvalue weighted by Gasteiger charge is -2.30. The van der Waals surface area contributed by atoms with Crippen molar-refractivity contribution in [3.05, 3.63) is 29.8 Å². The van der Waals surface area contributed by atoms with Crippen LogP contribution in [0.2, 0.25) is 0 Å². The molecule has 1 atom stereocenters. The zero-order chi connectivity index (χ0) is 14.6. The van der Waals surface area contributed by atoms with Gasteiger partial charge in [-0.2, -0.15) is 0 Å². The van der Waals surface area contributed by atoms with Gasteiger partial charge in [0.25, 0.3) is 0 Å². The topological polar surface area (TPSA) is 83.6 Å². The van der Waals surface area contributed by atoms with Gasteiger partial charge in [-0.25, -0.2) is 0 Å². The van der Waals surface area contributed by atoms with Crippen LogP contribution in [-0.2, 0) is 9.59 Å². The number of aliphatic carboxylic acids is 1. The number of nitrogens with zero attached hydrogens (tertiary/aromatic N) is 1. The van der Waals surface area contributed by atoms with Crippen LogP contribution in [0, 0.1) is 6.92 Å². The monoisotopic (exact) mass is 264 g/mol. The lowest BCUT2D eigenvalue weighted by atomic mass is 9.98. The molecule has 0 saturated heterocycles. The van der Waals surface area contributed by atoms with Crippen molar-refractivity contribution in [1.82, 2.24) is 0 Å². The summed E-state index contributed by atoms with van der Waals surface area (Å²) in [6, 6.07) is 7.11. The summed E-state index contributed by atoms with van der Waals surface area (Å²) in [5.74, 6) is -1.46. The second kappa shape index (κ2) is 5.84. The van der Waals surface area contributed by atoms with Gasteiger partial charge in [-0.15, -0.1) is 0 Å². The molecule has 1 aromatic carbocycles. The third-order valence-electron chi connectivity index (χ3n) is 3.11. The molecule has 1 rings (SSSR count). The number of aryl methyl sites for hydroxylation is 1. The highest BCUT2D eigenvalue weighted by molar-refractivity contribution is 6.02. The van der Waals surface area contributed by atoms with Crippen LogP contribution in [0.3, 0.4) is 0 Å². The summed E-state index contributed by atoms with van der Waals surface area (Å²) in [5, 5.41) is 8.95. The van der Waals surface area contributed by atoms with Crippen LogP contribution in [0.1, 0.15) is 25.8 Å². The third-order valence-corrected chi connectivity index (χ3v) is 3.11. The number of carbonyl (C=O) groups excluding carboxylic acids is 1. The smallest absolute Gasteiger partial charge is 0.323 e. The largest absolute Gasteiger partial charge is 0.480 e. The van der Waals surface area contributed by atoms with E-state index < -0.39 is 18.1 Å². The number of carbonyl (C=O) groups is 2. The summed E-state index contributed by atoms with van der Waals surface area (Å²) >= 11 is 0. The Morgan fingerprint density at radius 2 is 1.84 bits per heavy atom. The first-order valence-electron chi connectivity index (χ1n) is 6.17. The van der Waals surface area contributed by atoms with Crippen molar-refractivity contribution in [2.24, 2.45) is 5.73 Å². The van der Waals surface area contributed by atoms with Crippen LogP contribution >= 0.6 is 0 Å². The molecule has 19 heavy (non-hydrogen) atoms. The summed E-state index contributed by atoms with van der Waals surface area (Å²) < 4.78 is 0. The average Bonchev–Trinajstić information content (AvgIpc) is 2.36. The zero-order valence-electron chi connectivity index (χ0n) is 11.5. The predicted octanol–water partition coefficient (Wildman–Crippen LogP) is 1.54. The number of carboxylic acids is 1. The Labute approximate surface area is 113 Å². The molecule has 1 aromatic rings. The Morgan fingerprint density at radius 1 is 1.32 bits per heavy atom. The molecule has 3 N–H and O–H groups in total. The van der Waals surface area contributed by atoms with E-state index in [0.29, 0.717) is 12.1 Å². The summed E-state index contributed by atoms with van der Waals surface area (Å²) in [6.45, 7) is 4.94. The fraction of sp³-hybridized carbons (Fsp3) is 0.429. The molecular formula is C14H20N2O3. The number of benzene rings is 1. The molecule has 5 nitrogen and oxygen atoms in total. The number of anilines is 1. The number of nitrogens with two attached hydrogens (primary N) is 1. The molecule has 0 aliphatic rings. The Balaban J connectivity index is 3.11. The SMILES string of the molecule is CCC(C)(N)C(=O)N(CC(=O)O)c1ccc(C)cc1. The number of amides is 1. The van der Waals surface area contributed by atoms with Crippen LogP contribution in [0.5, 0.6) is 0 Å². The van der Waals surface area contributed by atoms with Crippen molar-refractivity contribution >= 4 is 17.6 Å². The van der Waals surface area contributed by atoms with Crippen LogP contribution in [0.25, 0.3) is 0 Å². The van der Waals surface area contributed by atoms with Crippen LogP contribution in [0.4, 0.5) is 5.69 Å². The summed E-state index contributed by atoms with van der Waals surface area (Å²) in [4.78, 5) is 24.5. The Morgan fingerprint density at radius 3 is 2.26 bits per heavy atom. The van der Waals surface area contributed by atoms with Crippen molar-refractivity contribution in [1.29, 1.82) is 0 Å². The predicted molar refractivity (Wildman–Crippen MR) is 74.1 cm³/mol. The molecule has 1 amide bonds.